The molecule has 0 aromatic carbocycles. The lowest BCUT2D eigenvalue weighted by Gasteiger charge is -2.26. The number of primary amides is 2. The highest BCUT2D eigenvalue weighted by atomic mass is 32.2. The molecule has 38 nitrogen and oxygen atoms in total. The van der Waals surface area contributed by atoms with E-state index in [4.69, 9.17) is 17.2 Å². The van der Waals surface area contributed by atoms with Crippen LogP contribution < -0.4 is 86.3 Å². The van der Waals surface area contributed by atoms with E-state index in [9.17, 15) is 107 Å². The number of unbranched alkanes of at least 4 members (excludes halogenated alkanes) is 1. The fraction of sp³-hybridized carbons (Fsp3) is 0.660. The summed E-state index contributed by atoms with van der Waals surface area (Å²) in [5, 5.41) is 67.6. The Morgan fingerprint density at radius 3 is 1.24 bits per heavy atom. The second-order valence-corrected chi connectivity index (χ2v) is 23.1. The second kappa shape index (κ2) is 45.7. The number of carbonyl (C=O) groups excluding carboxylic acids is 15. The first-order valence-corrected chi connectivity index (χ1v) is 31.8. The molecular formula is C53H88N16O22S3. The number of rotatable bonds is 48. The van der Waals surface area contributed by atoms with Crippen molar-refractivity contribution in [1.29, 1.82) is 0 Å². The Hall–Kier alpha value is -8.57. The fourth-order valence-corrected chi connectivity index (χ4v) is 9.05. The monoisotopic (exact) mass is 1400 g/mol. The fourth-order valence-electron chi connectivity index (χ4n) is 8.06. The number of carbonyl (C=O) groups is 18. The van der Waals surface area contributed by atoms with Crippen molar-refractivity contribution in [3.8, 4) is 0 Å². The minimum absolute atomic E-state index is 0.103. The quantitative estimate of drug-likeness (QED) is 0.0199. The molecule has 530 valence electrons. The number of thioether (sulfide) groups is 1. The summed E-state index contributed by atoms with van der Waals surface area (Å²) >= 11 is 9.24. The van der Waals surface area contributed by atoms with Crippen LogP contribution in [0, 0.1) is 5.92 Å². The first-order chi connectivity index (χ1) is 44.0. The minimum atomic E-state index is -1.92. The van der Waals surface area contributed by atoms with Gasteiger partial charge in [-0.3, -0.25) is 86.3 Å². The largest absolute Gasteiger partial charge is 0.481 e. The number of nitrogens with one attached hydrogen (secondary N) is 13. The SMILES string of the molecule is CSCC[C@H](NC(=O)CNC(=O)[C@H](CCC(=O)O)NC(=O)[C@H](CO)NC(=O)[C@H](C)NC(=O)[C@H](CCCCN)NC(=O)[C@H](CC(N)=O)NC(=O)[C@H](CS)NC(C)=O)C(=O)N[C@@H](CC(=O)O)C(=O)NCC(=O)N[C@@H](CS)C(=O)N[C@@H](CCC(=O)O)C(=O)N[C@@H](CC(C)C)C(N)=O. The summed E-state index contributed by atoms with van der Waals surface area (Å²) < 4.78 is 0. The predicted octanol–water partition coefficient (Wildman–Crippen LogP) is -9.06. The molecule has 0 heterocycles. The number of aliphatic hydroxyl groups is 1. The van der Waals surface area contributed by atoms with E-state index in [1.54, 1.807) is 20.1 Å². The summed E-state index contributed by atoms with van der Waals surface area (Å²) in [5.41, 5.74) is 16.3. The minimum Gasteiger partial charge on any atom is -0.481 e. The number of hydrogen-bond donors (Lipinski definition) is 22. The molecule has 0 spiro atoms. The zero-order valence-electron chi connectivity index (χ0n) is 52.3. The summed E-state index contributed by atoms with van der Waals surface area (Å²) in [6.45, 7) is 2.84. The van der Waals surface area contributed by atoms with Crippen molar-refractivity contribution in [2.45, 2.75) is 165 Å². The highest BCUT2D eigenvalue weighted by Crippen LogP contribution is 2.10. The van der Waals surface area contributed by atoms with Gasteiger partial charge in [0, 0.05) is 31.3 Å². The lowest BCUT2D eigenvalue weighted by molar-refractivity contribution is -0.141. The number of amides is 15. The topological polar surface area (TPSA) is 623 Å². The molecule has 0 saturated carbocycles. The molecule has 0 saturated heterocycles. The van der Waals surface area contributed by atoms with Gasteiger partial charge in [0.1, 0.15) is 66.5 Å². The summed E-state index contributed by atoms with van der Waals surface area (Å²) in [6, 6.07) is -17.3. The van der Waals surface area contributed by atoms with E-state index in [1.807, 2.05) is 0 Å². The Morgan fingerprint density at radius 1 is 0.436 bits per heavy atom. The summed E-state index contributed by atoms with van der Waals surface area (Å²) in [7, 11) is 0. The van der Waals surface area contributed by atoms with Gasteiger partial charge in [-0.05, 0) is 76.3 Å². The molecule has 0 fully saturated rings. The van der Waals surface area contributed by atoms with Crippen LogP contribution in [0.25, 0.3) is 0 Å². The van der Waals surface area contributed by atoms with Gasteiger partial charge in [0.25, 0.3) is 0 Å². The van der Waals surface area contributed by atoms with Gasteiger partial charge in [0.2, 0.25) is 88.6 Å². The molecule has 0 rings (SSSR count). The van der Waals surface area contributed by atoms with Crippen LogP contribution in [0.5, 0.6) is 0 Å². The van der Waals surface area contributed by atoms with Gasteiger partial charge in [-0.1, -0.05) is 13.8 Å². The van der Waals surface area contributed by atoms with Crippen LogP contribution in [0.3, 0.4) is 0 Å². The highest BCUT2D eigenvalue weighted by Gasteiger charge is 2.35. The first-order valence-electron chi connectivity index (χ1n) is 29.1. The molecule has 0 aliphatic heterocycles. The number of carboxylic acid groups (broad SMARTS) is 3. The molecule has 0 aromatic rings. The molecule has 0 bridgehead atoms. The number of carboxylic acids is 3. The molecule has 11 atom stereocenters. The van der Waals surface area contributed by atoms with Crippen molar-refractivity contribution in [3.05, 3.63) is 0 Å². The Labute approximate surface area is 554 Å². The van der Waals surface area contributed by atoms with E-state index < -0.39 is 237 Å². The average molecular weight is 1400 g/mol. The maximum absolute atomic E-state index is 13.6. The maximum atomic E-state index is 13.6. The Kier molecular flexibility index (Phi) is 41.5. The lowest BCUT2D eigenvalue weighted by Crippen LogP contribution is -2.60. The number of nitrogens with two attached hydrogens (primary N) is 3. The number of hydrogen-bond acceptors (Lipinski definition) is 23. The van der Waals surface area contributed by atoms with Gasteiger partial charge in [-0.25, -0.2) is 0 Å². The Balaban J connectivity index is 6.15. The highest BCUT2D eigenvalue weighted by molar-refractivity contribution is 7.98. The molecule has 41 heteroatoms. The zero-order valence-corrected chi connectivity index (χ0v) is 54.9. The molecule has 0 aliphatic rings. The third-order valence-electron chi connectivity index (χ3n) is 12.9. The average Bonchev–Trinajstić information content (AvgIpc) is 1.02. The molecule has 0 unspecified atom stereocenters. The van der Waals surface area contributed by atoms with Crippen molar-refractivity contribution in [2.24, 2.45) is 23.1 Å². The molecular weight excluding hydrogens is 1310 g/mol. The van der Waals surface area contributed by atoms with E-state index in [2.05, 4.69) is 94.4 Å². The van der Waals surface area contributed by atoms with Gasteiger partial charge >= 0.3 is 17.9 Å². The van der Waals surface area contributed by atoms with Crippen LogP contribution in [0.2, 0.25) is 0 Å². The van der Waals surface area contributed by atoms with E-state index >= 15 is 0 Å². The second-order valence-electron chi connectivity index (χ2n) is 21.4. The van der Waals surface area contributed by atoms with Crippen LogP contribution >= 0.6 is 37.0 Å². The first kappa shape index (κ1) is 85.4. The van der Waals surface area contributed by atoms with Crippen LogP contribution in [0.1, 0.15) is 98.3 Å². The standard InChI is InChI=1S/C53H88N16O22S3/c1-24(2)16-31(43(56)81)66-48(86)29(10-12-41(77)78)65-53(91)36(23-93)62-39(74)20-58-46(84)33(18-42(79)80)68-49(87)30(13-15-94-5)61-38(73)19-57-45(83)28(9-11-40(75)76)64-51(89)34(21-70)69-44(82)25(3)59-47(85)27(8-6-7-14-54)63-50(88)32(17-37(55)72)67-52(90)35(22-92)60-26(4)71/h24-25,27-36,70,92-93H,6-23,54H2,1-5H3,(H2,55,72)(H2,56,81)(H,57,83)(H,58,84)(H,59,85)(H,60,71)(H,61,73)(H,62,74)(H,63,88)(H,64,89)(H,65,91)(H,66,86)(H,67,90)(H,68,87)(H,69,82)(H,75,76)(H,77,78)(H,79,80)/t25-,27-,28-,29-,30-,31-,32-,33-,34-,35-,36-/m0/s1. The molecule has 0 aliphatic carbocycles. The lowest BCUT2D eigenvalue weighted by atomic mass is 10.0. The smallest absolute Gasteiger partial charge is 0.305 e. The van der Waals surface area contributed by atoms with Crippen LogP contribution in [0.4, 0.5) is 0 Å². The third-order valence-corrected chi connectivity index (χ3v) is 14.3. The van der Waals surface area contributed by atoms with Crippen molar-refractivity contribution < 1.29 is 107 Å². The van der Waals surface area contributed by atoms with E-state index in [1.165, 1.54) is 11.8 Å². The molecule has 94 heavy (non-hydrogen) atoms. The summed E-state index contributed by atoms with van der Waals surface area (Å²) in [5.74, 6) is -20.7. The normalized spacial score (nSPS) is 14.4. The van der Waals surface area contributed by atoms with Gasteiger partial charge in [-0.15, -0.1) is 0 Å². The van der Waals surface area contributed by atoms with Crippen molar-refractivity contribution in [3.63, 3.8) is 0 Å². The van der Waals surface area contributed by atoms with Crippen molar-refractivity contribution >= 4 is 144 Å². The predicted molar refractivity (Wildman–Crippen MR) is 338 cm³/mol. The van der Waals surface area contributed by atoms with Gasteiger partial charge in [-0.2, -0.15) is 37.0 Å². The van der Waals surface area contributed by atoms with Crippen LogP contribution in [0.15, 0.2) is 0 Å². The number of thiol groups is 2. The van der Waals surface area contributed by atoms with Crippen molar-refractivity contribution in [2.75, 3.05) is 49.8 Å². The van der Waals surface area contributed by atoms with Gasteiger partial charge in [0.15, 0.2) is 0 Å². The van der Waals surface area contributed by atoms with Crippen LogP contribution in [-0.4, -0.2) is 243 Å². The van der Waals surface area contributed by atoms with Crippen LogP contribution in [-0.2, 0) is 86.3 Å². The third kappa shape index (κ3) is 35.5. The van der Waals surface area contributed by atoms with E-state index in [-0.39, 0.29) is 49.7 Å². The molecule has 23 N–H and O–H groups in total. The summed E-state index contributed by atoms with van der Waals surface area (Å²) in [6.07, 6.45) is -2.29. The Bertz CT molecular complexity index is 2700. The summed E-state index contributed by atoms with van der Waals surface area (Å²) in [4.78, 5) is 230. The number of aliphatic carboxylic acids is 3. The van der Waals surface area contributed by atoms with E-state index in [0.29, 0.717) is 6.42 Å². The maximum Gasteiger partial charge on any atom is 0.305 e. The van der Waals surface area contributed by atoms with Gasteiger partial charge < -0.3 is 107 Å². The molecule has 15 amide bonds. The number of aliphatic hydroxyl groups excluding tert-OH is 1. The molecule has 0 aromatic heterocycles. The van der Waals surface area contributed by atoms with Crippen molar-refractivity contribution in [1.82, 2.24) is 69.1 Å². The molecule has 0 radical (unpaired) electrons. The van der Waals surface area contributed by atoms with E-state index in [0.717, 1.165) is 13.8 Å². The zero-order chi connectivity index (χ0) is 71.9. The van der Waals surface area contributed by atoms with Gasteiger partial charge in [0.05, 0.1) is 32.5 Å². The Morgan fingerprint density at radius 2 is 0.819 bits per heavy atom.